The van der Waals surface area contributed by atoms with Crippen molar-refractivity contribution in [3.63, 3.8) is 0 Å². The van der Waals surface area contributed by atoms with Crippen molar-refractivity contribution in [2.75, 3.05) is 7.11 Å². The standard InChI is InChI=1S/C12H17ClN2O2/c1-12(2,14)11(16)15-7-8-6-9(13)4-5-10(8)17-3/h4-6H,7,14H2,1-3H3,(H,15,16). The third-order valence-corrected chi connectivity index (χ3v) is 2.50. The van der Waals surface area contributed by atoms with Crippen LogP contribution in [0.3, 0.4) is 0 Å². The smallest absolute Gasteiger partial charge is 0.239 e. The Labute approximate surface area is 106 Å². The Balaban J connectivity index is 2.75. The van der Waals surface area contributed by atoms with Gasteiger partial charge in [0.25, 0.3) is 0 Å². The number of hydrogen-bond acceptors (Lipinski definition) is 3. The van der Waals surface area contributed by atoms with Crippen LogP contribution in [0.4, 0.5) is 0 Å². The van der Waals surface area contributed by atoms with Gasteiger partial charge in [0.2, 0.25) is 5.91 Å². The zero-order valence-corrected chi connectivity index (χ0v) is 11.0. The average molecular weight is 257 g/mol. The molecule has 0 aliphatic rings. The molecule has 94 valence electrons. The van der Waals surface area contributed by atoms with Gasteiger partial charge >= 0.3 is 0 Å². The van der Waals surface area contributed by atoms with Crippen LogP contribution in [-0.2, 0) is 11.3 Å². The van der Waals surface area contributed by atoms with E-state index in [2.05, 4.69) is 5.32 Å². The third-order valence-electron chi connectivity index (χ3n) is 2.27. The quantitative estimate of drug-likeness (QED) is 0.862. The van der Waals surface area contributed by atoms with Gasteiger partial charge in [0.05, 0.1) is 12.6 Å². The molecule has 0 saturated heterocycles. The van der Waals surface area contributed by atoms with Crippen molar-refractivity contribution in [1.82, 2.24) is 5.32 Å². The maximum absolute atomic E-state index is 11.6. The summed E-state index contributed by atoms with van der Waals surface area (Å²) in [5, 5.41) is 3.34. The van der Waals surface area contributed by atoms with Gasteiger partial charge in [-0.25, -0.2) is 0 Å². The summed E-state index contributed by atoms with van der Waals surface area (Å²) in [6.07, 6.45) is 0. The summed E-state index contributed by atoms with van der Waals surface area (Å²) in [6.45, 7) is 3.64. The number of ether oxygens (including phenoxy) is 1. The number of carbonyl (C=O) groups is 1. The number of amides is 1. The van der Waals surface area contributed by atoms with E-state index in [0.717, 1.165) is 5.56 Å². The lowest BCUT2D eigenvalue weighted by Gasteiger charge is -2.18. The Morgan fingerprint density at radius 1 is 1.53 bits per heavy atom. The van der Waals surface area contributed by atoms with Gasteiger partial charge in [-0.3, -0.25) is 4.79 Å². The molecule has 4 nitrogen and oxygen atoms in total. The monoisotopic (exact) mass is 256 g/mol. The van der Waals surface area contributed by atoms with Gasteiger partial charge < -0.3 is 15.8 Å². The lowest BCUT2D eigenvalue weighted by atomic mass is 10.1. The highest BCUT2D eigenvalue weighted by Gasteiger charge is 2.21. The largest absolute Gasteiger partial charge is 0.496 e. The third kappa shape index (κ3) is 3.91. The van der Waals surface area contributed by atoms with E-state index in [1.165, 1.54) is 0 Å². The number of benzene rings is 1. The van der Waals surface area contributed by atoms with Crippen LogP contribution in [0.25, 0.3) is 0 Å². The predicted octanol–water partition coefficient (Wildman–Crippen LogP) is 1.70. The molecule has 1 amide bonds. The van der Waals surface area contributed by atoms with E-state index in [4.69, 9.17) is 22.1 Å². The zero-order chi connectivity index (χ0) is 13.1. The molecule has 0 bridgehead atoms. The normalized spacial score (nSPS) is 11.1. The van der Waals surface area contributed by atoms with E-state index >= 15 is 0 Å². The molecule has 1 rings (SSSR count). The lowest BCUT2D eigenvalue weighted by molar-refractivity contribution is -0.125. The Hall–Kier alpha value is -1.26. The Morgan fingerprint density at radius 2 is 2.18 bits per heavy atom. The predicted molar refractivity (Wildman–Crippen MR) is 68.1 cm³/mol. The van der Waals surface area contributed by atoms with Crippen molar-refractivity contribution in [2.45, 2.75) is 25.9 Å². The van der Waals surface area contributed by atoms with Crippen LogP contribution >= 0.6 is 11.6 Å². The first-order valence-corrected chi connectivity index (χ1v) is 5.62. The van der Waals surface area contributed by atoms with E-state index in [-0.39, 0.29) is 5.91 Å². The van der Waals surface area contributed by atoms with Crippen LogP contribution < -0.4 is 15.8 Å². The highest BCUT2D eigenvalue weighted by Crippen LogP contribution is 2.22. The van der Waals surface area contributed by atoms with Crippen molar-refractivity contribution in [3.8, 4) is 5.75 Å². The van der Waals surface area contributed by atoms with Crippen molar-refractivity contribution >= 4 is 17.5 Å². The molecule has 0 spiro atoms. The molecule has 1 aromatic rings. The van der Waals surface area contributed by atoms with Crippen molar-refractivity contribution in [1.29, 1.82) is 0 Å². The van der Waals surface area contributed by atoms with E-state index in [9.17, 15) is 4.79 Å². The van der Waals surface area contributed by atoms with Crippen molar-refractivity contribution in [3.05, 3.63) is 28.8 Å². The van der Waals surface area contributed by atoms with Gasteiger partial charge in [0.1, 0.15) is 5.75 Å². The Kier molecular flexibility index (Phi) is 4.37. The summed E-state index contributed by atoms with van der Waals surface area (Å²) in [5.74, 6) is 0.462. The zero-order valence-electron chi connectivity index (χ0n) is 10.2. The van der Waals surface area contributed by atoms with Crippen LogP contribution in [0, 0.1) is 0 Å². The fraction of sp³-hybridized carbons (Fsp3) is 0.417. The highest BCUT2D eigenvalue weighted by atomic mass is 35.5. The molecule has 1 aromatic carbocycles. The molecule has 0 aliphatic heterocycles. The lowest BCUT2D eigenvalue weighted by Crippen LogP contribution is -2.48. The SMILES string of the molecule is COc1ccc(Cl)cc1CNC(=O)C(C)(C)N. The van der Waals surface area contributed by atoms with Crippen molar-refractivity contribution < 1.29 is 9.53 Å². The Morgan fingerprint density at radius 3 is 2.71 bits per heavy atom. The number of nitrogens with two attached hydrogens (primary N) is 1. The molecule has 5 heteroatoms. The molecule has 17 heavy (non-hydrogen) atoms. The van der Waals surface area contributed by atoms with Gasteiger partial charge in [-0.05, 0) is 32.0 Å². The fourth-order valence-electron chi connectivity index (χ4n) is 1.29. The molecular formula is C12H17ClN2O2. The van der Waals surface area contributed by atoms with E-state index < -0.39 is 5.54 Å². The van der Waals surface area contributed by atoms with E-state index in [1.54, 1.807) is 39.2 Å². The molecule has 0 saturated carbocycles. The molecule has 3 N–H and O–H groups in total. The number of methoxy groups -OCH3 is 1. The Bertz CT molecular complexity index is 413. The first kappa shape index (κ1) is 13.8. The second-order valence-corrected chi connectivity index (χ2v) is 4.80. The van der Waals surface area contributed by atoms with Crippen LogP contribution in [0.2, 0.25) is 5.02 Å². The molecule has 0 aromatic heterocycles. The summed E-state index contributed by atoms with van der Waals surface area (Å²) in [4.78, 5) is 11.6. The first-order chi connectivity index (χ1) is 7.84. The molecule has 0 radical (unpaired) electrons. The maximum Gasteiger partial charge on any atom is 0.239 e. The number of rotatable bonds is 4. The minimum atomic E-state index is -0.897. The average Bonchev–Trinajstić information content (AvgIpc) is 2.24. The molecule has 0 fully saturated rings. The number of hydrogen-bond donors (Lipinski definition) is 2. The van der Waals surface area contributed by atoms with Gasteiger partial charge in [-0.2, -0.15) is 0 Å². The van der Waals surface area contributed by atoms with Crippen LogP contribution in [0.1, 0.15) is 19.4 Å². The minimum absolute atomic E-state index is 0.223. The second-order valence-electron chi connectivity index (χ2n) is 4.36. The van der Waals surface area contributed by atoms with Crippen LogP contribution in [0.5, 0.6) is 5.75 Å². The van der Waals surface area contributed by atoms with Gasteiger partial charge in [0.15, 0.2) is 0 Å². The van der Waals surface area contributed by atoms with Crippen LogP contribution in [0.15, 0.2) is 18.2 Å². The summed E-state index contributed by atoms with van der Waals surface area (Å²) in [7, 11) is 1.57. The number of halogens is 1. The minimum Gasteiger partial charge on any atom is -0.496 e. The number of carbonyl (C=O) groups excluding carboxylic acids is 1. The molecular weight excluding hydrogens is 240 g/mol. The summed E-state index contributed by atoms with van der Waals surface area (Å²) >= 11 is 5.89. The first-order valence-electron chi connectivity index (χ1n) is 5.24. The second kappa shape index (κ2) is 5.38. The highest BCUT2D eigenvalue weighted by molar-refractivity contribution is 6.30. The van der Waals surface area contributed by atoms with Gasteiger partial charge in [-0.15, -0.1) is 0 Å². The molecule has 0 heterocycles. The van der Waals surface area contributed by atoms with E-state index in [1.807, 2.05) is 0 Å². The van der Waals surface area contributed by atoms with Gasteiger partial charge in [0, 0.05) is 17.1 Å². The molecule has 0 aliphatic carbocycles. The summed E-state index contributed by atoms with van der Waals surface area (Å²) in [5.41, 5.74) is 5.59. The summed E-state index contributed by atoms with van der Waals surface area (Å²) in [6, 6.07) is 5.25. The van der Waals surface area contributed by atoms with E-state index in [0.29, 0.717) is 17.3 Å². The van der Waals surface area contributed by atoms with Crippen LogP contribution in [-0.4, -0.2) is 18.6 Å². The topological polar surface area (TPSA) is 64.3 Å². The molecule has 0 atom stereocenters. The molecule has 0 unspecified atom stereocenters. The van der Waals surface area contributed by atoms with Gasteiger partial charge in [-0.1, -0.05) is 11.6 Å². The number of nitrogens with one attached hydrogen (secondary N) is 1. The fourth-order valence-corrected chi connectivity index (χ4v) is 1.48. The van der Waals surface area contributed by atoms with Crippen molar-refractivity contribution in [2.24, 2.45) is 5.73 Å². The maximum atomic E-state index is 11.6. The summed E-state index contributed by atoms with van der Waals surface area (Å²) < 4.78 is 5.18.